The van der Waals surface area contributed by atoms with E-state index in [9.17, 15) is 4.79 Å². The fraction of sp³-hybridized carbons (Fsp3) is 0.357. The number of nitrogens with zero attached hydrogens (tertiary/aromatic N) is 2. The largest absolute Gasteiger partial charge is 0.460 e. The highest BCUT2D eigenvalue weighted by atomic mass is 16.5. The van der Waals surface area contributed by atoms with Gasteiger partial charge in [0.05, 0.1) is 11.3 Å². The molecular weight excluding hydrogens is 228 g/mol. The van der Waals surface area contributed by atoms with Gasteiger partial charge >= 0.3 is 5.97 Å². The maximum Gasteiger partial charge on any atom is 0.339 e. The third kappa shape index (κ3) is 3.34. The Bertz CT molecular complexity index is 446. The van der Waals surface area contributed by atoms with Crippen molar-refractivity contribution in [3.8, 4) is 0 Å². The van der Waals surface area contributed by atoms with Gasteiger partial charge in [-0.05, 0) is 33.2 Å². The average Bonchev–Trinajstić information content (AvgIpc) is 2.82. The van der Waals surface area contributed by atoms with Gasteiger partial charge in [0.15, 0.2) is 0 Å². The fourth-order valence-corrected chi connectivity index (χ4v) is 1.35. The first-order chi connectivity index (χ1) is 8.47. The van der Waals surface area contributed by atoms with Crippen LogP contribution in [0.15, 0.2) is 31.5 Å². The van der Waals surface area contributed by atoms with Crippen molar-refractivity contribution in [3.05, 3.63) is 37.2 Å². The topological polar surface area (TPSA) is 34.5 Å². The van der Waals surface area contributed by atoms with E-state index in [1.807, 2.05) is 38.2 Å². The number of hydrogen-bond donors (Lipinski definition) is 0. The van der Waals surface area contributed by atoms with E-state index in [1.54, 1.807) is 16.8 Å². The predicted molar refractivity (Wildman–Crippen MR) is 74.0 cm³/mol. The maximum absolute atomic E-state index is 11.8. The van der Waals surface area contributed by atoms with Crippen molar-refractivity contribution in [1.82, 2.24) is 9.47 Å². The Hall–Kier alpha value is -1.81. The van der Waals surface area contributed by atoms with Gasteiger partial charge in [-0.25, -0.2) is 4.79 Å². The van der Waals surface area contributed by atoms with E-state index in [0.29, 0.717) is 17.9 Å². The van der Waals surface area contributed by atoms with Crippen LogP contribution in [-0.4, -0.2) is 42.2 Å². The second-order valence-corrected chi connectivity index (χ2v) is 4.37. The number of carbonyl (C=O) groups is 1. The molecule has 0 fully saturated rings. The molecular formula is C14H20N2O2. The maximum atomic E-state index is 11.8. The fourth-order valence-electron chi connectivity index (χ4n) is 1.35. The molecule has 0 aliphatic heterocycles. The van der Waals surface area contributed by atoms with Gasteiger partial charge in [0.25, 0.3) is 0 Å². The zero-order chi connectivity index (χ0) is 13.7. The molecule has 1 aromatic heterocycles. The molecule has 1 unspecified atom stereocenters. The Kier molecular flexibility index (Phi) is 4.92. The molecule has 1 aromatic rings. The van der Waals surface area contributed by atoms with Crippen LogP contribution in [0.4, 0.5) is 0 Å². The van der Waals surface area contributed by atoms with Crippen molar-refractivity contribution in [3.63, 3.8) is 0 Å². The van der Waals surface area contributed by atoms with Crippen LogP contribution in [0.25, 0.3) is 11.8 Å². The number of hydrogen-bond acceptors (Lipinski definition) is 3. The number of carbonyl (C=O) groups excluding carboxylic acids is 1. The third-order valence-corrected chi connectivity index (χ3v) is 2.87. The molecule has 0 spiro atoms. The summed E-state index contributed by atoms with van der Waals surface area (Å²) in [4.78, 5) is 13.8. The van der Waals surface area contributed by atoms with Crippen molar-refractivity contribution < 1.29 is 9.53 Å². The quantitative estimate of drug-likeness (QED) is 0.571. The summed E-state index contributed by atoms with van der Waals surface area (Å²) < 4.78 is 6.96. The molecule has 98 valence electrons. The molecule has 1 heterocycles. The van der Waals surface area contributed by atoms with Crippen LogP contribution in [0.1, 0.15) is 12.6 Å². The monoisotopic (exact) mass is 248 g/mol. The van der Waals surface area contributed by atoms with Crippen LogP contribution in [0.2, 0.25) is 0 Å². The highest BCUT2D eigenvalue weighted by Gasteiger charge is 2.15. The van der Waals surface area contributed by atoms with E-state index in [0.717, 1.165) is 0 Å². The van der Waals surface area contributed by atoms with E-state index >= 15 is 0 Å². The van der Waals surface area contributed by atoms with Crippen LogP contribution < -0.4 is 0 Å². The van der Waals surface area contributed by atoms with Crippen molar-refractivity contribution >= 4 is 17.7 Å². The Morgan fingerprint density at radius 3 is 2.83 bits per heavy atom. The summed E-state index contributed by atoms with van der Waals surface area (Å²) in [6.45, 7) is 9.77. The molecule has 0 saturated heterocycles. The summed E-state index contributed by atoms with van der Waals surface area (Å²) >= 11 is 0. The lowest BCUT2D eigenvalue weighted by Crippen LogP contribution is -2.30. The van der Waals surface area contributed by atoms with Crippen LogP contribution >= 0.6 is 0 Å². The number of rotatable bonds is 6. The molecule has 4 nitrogen and oxygen atoms in total. The third-order valence-electron chi connectivity index (χ3n) is 2.87. The first-order valence-corrected chi connectivity index (χ1v) is 5.79. The van der Waals surface area contributed by atoms with E-state index in [4.69, 9.17) is 4.74 Å². The minimum absolute atomic E-state index is 0.174. The number of aromatic nitrogens is 1. The van der Waals surface area contributed by atoms with Gasteiger partial charge in [-0.1, -0.05) is 13.2 Å². The van der Waals surface area contributed by atoms with Crippen LogP contribution in [0.5, 0.6) is 0 Å². The van der Waals surface area contributed by atoms with E-state index in [1.165, 1.54) is 0 Å². The van der Waals surface area contributed by atoms with Gasteiger partial charge in [-0.3, -0.25) is 0 Å². The molecule has 0 amide bonds. The Morgan fingerprint density at radius 1 is 1.61 bits per heavy atom. The van der Waals surface area contributed by atoms with Gasteiger partial charge in [-0.15, -0.1) is 0 Å². The second-order valence-electron chi connectivity index (χ2n) is 4.37. The molecule has 0 radical (unpaired) electrons. The Balaban J connectivity index is 2.63. The van der Waals surface area contributed by atoms with Crippen molar-refractivity contribution in [2.45, 2.75) is 13.0 Å². The molecule has 0 aliphatic carbocycles. The zero-order valence-corrected chi connectivity index (χ0v) is 11.2. The average molecular weight is 248 g/mol. The van der Waals surface area contributed by atoms with Gasteiger partial charge in [-0.2, -0.15) is 0 Å². The van der Waals surface area contributed by atoms with E-state index in [2.05, 4.69) is 13.2 Å². The Morgan fingerprint density at radius 2 is 2.28 bits per heavy atom. The van der Waals surface area contributed by atoms with Gasteiger partial charge < -0.3 is 14.2 Å². The van der Waals surface area contributed by atoms with Crippen LogP contribution in [-0.2, 0) is 9.53 Å². The molecule has 0 aliphatic rings. The van der Waals surface area contributed by atoms with Crippen molar-refractivity contribution in [1.29, 1.82) is 0 Å². The molecule has 18 heavy (non-hydrogen) atoms. The second kappa shape index (κ2) is 6.21. The minimum Gasteiger partial charge on any atom is -0.460 e. The highest BCUT2D eigenvalue weighted by Crippen LogP contribution is 2.15. The first-order valence-electron chi connectivity index (χ1n) is 5.79. The van der Waals surface area contributed by atoms with E-state index in [-0.39, 0.29) is 6.04 Å². The van der Waals surface area contributed by atoms with Crippen LogP contribution in [0, 0.1) is 0 Å². The number of esters is 1. The molecule has 1 atom stereocenters. The molecule has 1 rings (SSSR count). The van der Waals surface area contributed by atoms with E-state index < -0.39 is 5.97 Å². The summed E-state index contributed by atoms with van der Waals surface area (Å²) in [5.41, 5.74) is 1.04. The lowest BCUT2D eigenvalue weighted by molar-refractivity contribution is -0.137. The first kappa shape index (κ1) is 14.3. The number of likely N-dealkylation sites (N-methyl/N-ethyl adjacent to an activating group) is 1. The minimum atomic E-state index is -0.398. The lowest BCUT2D eigenvalue weighted by atomic mass is 10.2. The SMILES string of the molecule is C=Cn1cccc1C(=C)C(=O)OCC(C)N(C)C. The predicted octanol–water partition coefficient (Wildman–Crippen LogP) is 2.10. The van der Waals surface area contributed by atoms with Crippen LogP contribution in [0.3, 0.4) is 0 Å². The molecule has 0 saturated carbocycles. The van der Waals surface area contributed by atoms with Gasteiger partial charge in [0, 0.05) is 18.4 Å². The standard InChI is InChI=1S/C14H20N2O2/c1-6-16-9-7-8-13(16)12(3)14(17)18-10-11(2)15(4)5/h6-9,11H,1,3,10H2,2,4-5H3. The van der Waals surface area contributed by atoms with Crippen molar-refractivity contribution in [2.75, 3.05) is 20.7 Å². The molecule has 0 bridgehead atoms. The van der Waals surface area contributed by atoms with Gasteiger partial charge in [0.1, 0.15) is 6.61 Å². The van der Waals surface area contributed by atoms with Gasteiger partial charge in [0.2, 0.25) is 0 Å². The van der Waals surface area contributed by atoms with Crippen molar-refractivity contribution in [2.24, 2.45) is 0 Å². The normalized spacial score (nSPS) is 12.2. The smallest absolute Gasteiger partial charge is 0.339 e. The molecule has 4 heteroatoms. The summed E-state index contributed by atoms with van der Waals surface area (Å²) in [7, 11) is 3.88. The Labute approximate surface area is 108 Å². The molecule has 0 N–H and O–H groups in total. The molecule has 0 aromatic carbocycles. The summed E-state index contributed by atoms with van der Waals surface area (Å²) in [6.07, 6.45) is 3.43. The zero-order valence-electron chi connectivity index (χ0n) is 11.2. The summed E-state index contributed by atoms with van der Waals surface area (Å²) in [5, 5.41) is 0. The lowest BCUT2D eigenvalue weighted by Gasteiger charge is -2.19. The number of ether oxygens (including phenoxy) is 1. The highest BCUT2D eigenvalue weighted by molar-refractivity contribution is 6.15. The summed E-state index contributed by atoms with van der Waals surface area (Å²) in [6, 6.07) is 3.81. The summed E-state index contributed by atoms with van der Waals surface area (Å²) in [5.74, 6) is -0.398.